The quantitative estimate of drug-likeness (QED) is 0.109. The first-order valence-corrected chi connectivity index (χ1v) is 9.41. The number of hydrogen-bond donors (Lipinski definition) is 2. The average Bonchev–Trinajstić information content (AvgIpc) is 2.26. The van der Waals surface area contributed by atoms with Gasteiger partial charge in [0.25, 0.3) is 0 Å². The maximum absolute atomic E-state index is 10.9. The Bertz CT molecular complexity index is 568. The van der Waals surface area contributed by atoms with Gasteiger partial charge in [-0.1, -0.05) is 0 Å². The van der Waals surface area contributed by atoms with Crippen molar-refractivity contribution in [3.8, 4) is 0 Å². The van der Waals surface area contributed by atoms with Gasteiger partial charge in [-0.25, -0.2) is 0 Å². The van der Waals surface area contributed by atoms with Crippen molar-refractivity contribution in [2.45, 2.75) is 18.3 Å². The van der Waals surface area contributed by atoms with E-state index in [0.29, 0.717) is 0 Å². The van der Waals surface area contributed by atoms with Crippen LogP contribution in [0.25, 0.3) is 0 Å². The molecule has 0 heterocycles. The first-order chi connectivity index (χ1) is 10.1. The van der Waals surface area contributed by atoms with Crippen molar-refractivity contribution in [1.82, 2.24) is 0 Å². The predicted molar refractivity (Wildman–Crippen MR) is 52.3 cm³/mol. The molecule has 0 fully saturated rings. The van der Waals surface area contributed by atoms with Crippen LogP contribution < -0.4 is 241 Å². The standard InChI is InChI=1S/C5H14NO14P3.7Na/c6-5(8)4(20-23(15,16)17)3(19-22(12,13)14)2(1-7)18-21(9,10)11;;;;;;;/h2-4,7H,1H2,(H2,6,8)(H2,9,10,11)(H2,12,13,14)(H2,15,16,17);;;;;;;/q;7*+1/p-7/t2-,3+,4+;;;;;;;/m1......./s1. The molecule has 0 radical (unpaired) electrons. The van der Waals surface area contributed by atoms with E-state index in [4.69, 9.17) is 10.5 Å². The minimum absolute atomic E-state index is 0. The molecule has 0 aromatic heterocycles. The molecule has 0 bridgehead atoms. The molecule has 0 aliphatic heterocycles. The van der Waals surface area contributed by atoms with E-state index >= 15 is 0 Å². The van der Waals surface area contributed by atoms with Gasteiger partial charge in [0.2, 0.25) is 0 Å². The smallest absolute Gasteiger partial charge is 0.860 e. The molecular weight excluding hydrogens is 552 g/mol. The van der Waals surface area contributed by atoms with Gasteiger partial charge < -0.3 is 72.2 Å². The van der Waals surface area contributed by atoms with Crippen molar-refractivity contribution in [3.63, 3.8) is 0 Å². The summed E-state index contributed by atoms with van der Waals surface area (Å²) in [7, 11) is -18.1. The molecule has 0 saturated heterocycles. The number of rotatable bonds is 10. The summed E-state index contributed by atoms with van der Waals surface area (Å²) in [6.07, 6.45) is -8.56. The Morgan fingerprint density at radius 3 is 1.23 bits per heavy atom. The zero-order valence-electron chi connectivity index (χ0n) is 17.5. The fourth-order valence-corrected chi connectivity index (χ4v) is 2.78. The molecule has 30 heavy (non-hydrogen) atoms. The zero-order valence-corrected chi connectivity index (χ0v) is 34.2. The summed E-state index contributed by atoms with van der Waals surface area (Å²) in [5.74, 6) is -2.16. The summed E-state index contributed by atoms with van der Waals surface area (Å²) in [5, 5.41) is 26.4. The summed E-state index contributed by atoms with van der Waals surface area (Å²) < 4.78 is 42.2. The van der Waals surface area contributed by atoms with Crippen molar-refractivity contribution < 1.29 is 274 Å². The Morgan fingerprint density at radius 1 is 0.733 bits per heavy atom. The summed E-state index contributed by atoms with van der Waals surface area (Å²) in [5.41, 5.74) is 0. The number of phosphoric ester groups is 3. The summed E-state index contributed by atoms with van der Waals surface area (Å²) in [4.78, 5) is 62.9. The Morgan fingerprint density at radius 2 is 1.03 bits per heavy atom. The zero-order chi connectivity index (χ0) is 18.6. The number of aliphatic hydroxyl groups excluding tert-OH is 1. The second-order valence-electron chi connectivity index (χ2n) is 3.63. The molecular formula is C5H7NNa7O14P3. The minimum Gasteiger partial charge on any atom is -0.860 e. The third-order valence-corrected chi connectivity index (χ3v) is 3.38. The second-order valence-corrected chi connectivity index (χ2v) is 6.94. The van der Waals surface area contributed by atoms with Crippen LogP contribution >= 0.6 is 23.5 Å². The SMILES string of the molecule is N=C([O-])[C@@H](OP(=O)([O-])[O-])[C@@H](OP(=O)([O-])[O-])[C@@H](CO)OP(=O)([O-])[O-].[Na+].[Na+].[Na+].[Na+].[Na+].[Na+].[Na+]. The second kappa shape index (κ2) is 26.0. The largest absolute Gasteiger partial charge is 1.00 e. The van der Waals surface area contributed by atoms with E-state index in [1.54, 1.807) is 0 Å². The van der Waals surface area contributed by atoms with Crippen LogP contribution in [0.3, 0.4) is 0 Å². The van der Waals surface area contributed by atoms with Gasteiger partial charge >= 0.3 is 207 Å². The van der Waals surface area contributed by atoms with Gasteiger partial charge in [-0.05, 0) is 5.90 Å². The van der Waals surface area contributed by atoms with Crippen molar-refractivity contribution >= 4 is 29.4 Å². The average molecular weight is 559 g/mol. The maximum Gasteiger partial charge on any atom is 1.00 e. The van der Waals surface area contributed by atoms with E-state index in [0.717, 1.165) is 0 Å². The Balaban J connectivity index is -0.000000115. The Kier molecular flexibility index (Phi) is 49.3. The summed E-state index contributed by atoms with van der Waals surface area (Å²) >= 11 is 0. The maximum atomic E-state index is 10.9. The topological polar surface area (TPSA) is 284 Å². The Hall–Kier alpha value is 6.76. The van der Waals surface area contributed by atoms with Gasteiger partial charge in [0.05, 0.1) is 30.1 Å². The monoisotopic (exact) mass is 559 g/mol. The van der Waals surface area contributed by atoms with Gasteiger partial charge in [0.15, 0.2) is 0 Å². The molecule has 138 valence electrons. The fraction of sp³-hybridized carbons (Fsp3) is 0.800. The van der Waals surface area contributed by atoms with Gasteiger partial charge in [0.1, 0.15) is 18.3 Å². The molecule has 2 N–H and O–H groups in total. The van der Waals surface area contributed by atoms with E-state index < -0.39 is 54.3 Å². The van der Waals surface area contributed by atoms with Crippen LogP contribution in [0.4, 0.5) is 0 Å². The van der Waals surface area contributed by atoms with E-state index in [2.05, 4.69) is 13.6 Å². The van der Waals surface area contributed by atoms with Crippen molar-refractivity contribution in [1.29, 1.82) is 5.41 Å². The van der Waals surface area contributed by atoms with E-state index in [1.807, 2.05) is 0 Å². The van der Waals surface area contributed by atoms with Crippen LogP contribution in [0.5, 0.6) is 0 Å². The van der Waals surface area contributed by atoms with Crippen LogP contribution in [-0.4, -0.2) is 35.9 Å². The molecule has 0 spiro atoms. The Labute approximate surface area is 326 Å². The van der Waals surface area contributed by atoms with E-state index in [9.17, 15) is 48.2 Å². The van der Waals surface area contributed by atoms with Gasteiger partial charge in [-0.2, -0.15) is 0 Å². The fourth-order valence-electron chi connectivity index (χ4n) is 1.23. The molecule has 0 aromatic carbocycles. The van der Waals surface area contributed by atoms with E-state index in [1.165, 1.54) is 0 Å². The number of aliphatic hydroxyl groups is 1. The normalized spacial score (nSPS) is 13.4. The van der Waals surface area contributed by atoms with Crippen molar-refractivity contribution in [2.24, 2.45) is 0 Å². The van der Waals surface area contributed by atoms with Gasteiger partial charge in [-0.15, -0.1) is 0 Å². The summed E-state index contributed by atoms with van der Waals surface area (Å²) in [6.45, 7) is -1.60. The van der Waals surface area contributed by atoms with Crippen molar-refractivity contribution in [2.75, 3.05) is 6.61 Å². The predicted octanol–water partition coefficient (Wildman–Crippen LogP) is -28.0. The molecule has 0 unspecified atom stereocenters. The van der Waals surface area contributed by atoms with Crippen LogP contribution in [0, 0.1) is 5.41 Å². The molecule has 3 atom stereocenters. The molecule has 15 nitrogen and oxygen atoms in total. The molecule has 0 amide bonds. The first kappa shape index (κ1) is 56.8. The van der Waals surface area contributed by atoms with E-state index in [-0.39, 0.29) is 207 Å². The summed E-state index contributed by atoms with van der Waals surface area (Å²) in [6, 6.07) is 0. The molecule has 25 heteroatoms. The van der Waals surface area contributed by atoms with Crippen LogP contribution in [0.2, 0.25) is 0 Å². The molecule has 0 saturated carbocycles. The third kappa shape index (κ3) is 31.0. The number of phosphoric acid groups is 3. The van der Waals surface area contributed by atoms with Gasteiger partial charge in [-0.3, -0.25) is 0 Å². The van der Waals surface area contributed by atoms with Crippen molar-refractivity contribution in [3.05, 3.63) is 0 Å². The minimum atomic E-state index is -6.11. The van der Waals surface area contributed by atoms with Crippen LogP contribution in [0.15, 0.2) is 0 Å². The number of nitrogens with one attached hydrogen (secondary N) is 1. The molecule has 0 aromatic rings. The van der Waals surface area contributed by atoms with Crippen LogP contribution in [-0.2, 0) is 27.3 Å². The molecule has 0 rings (SSSR count). The first-order valence-electron chi connectivity index (χ1n) is 5.03. The molecule has 0 aliphatic rings. The van der Waals surface area contributed by atoms with Crippen LogP contribution in [0.1, 0.15) is 0 Å². The molecule has 0 aliphatic carbocycles. The van der Waals surface area contributed by atoms with Gasteiger partial charge in [0, 0.05) is 0 Å². The number of hydrogen-bond acceptors (Lipinski definition) is 15. The third-order valence-electron chi connectivity index (χ3n) is 1.86.